The van der Waals surface area contributed by atoms with E-state index in [2.05, 4.69) is 0 Å². The molecular weight excluding hydrogens is 268 g/mol. The molecular formula is C18H21ClO. The largest absolute Gasteiger partial charge is 0.299 e. The van der Waals surface area contributed by atoms with Crippen LogP contribution in [-0.2, 0) is 11.2 Å². The molecule has 0 N–H and O–H groups in total. The van der Waals surface area contributed by atoms with E-state index >= 15 is 0 Å². The normalized spacial score (nSPS) is 38.1. The van der Waals surface area contributed by atoms with Crippen LogP contribution < -0.4 is 0 Å². The Morgan fingerprint density at radius 2 is 1.50 bits per heavy atom. The summed E-state index contributed by atoms with van der Waals surface area (Å²) in [4.78, 5) is 12.9. The average Bonchev–Trinajstić information content (AvgIpc) is 2.40. The molecule has 4 saturated carbocycles. The SMILES string of the molecule is O=C(Cc1ccc(Cl)cc1)C12CC3CC(CC(C3)C1)C2. The summed E-state index contributed by atoms with van der Waals surface area (Å²) in [5, 5.41) is 0.746. The molecule has 0 aliphatic heterocycles. The van der Waals surface area contributed by atoms with Crippen LogP contribution in [0.1, 0.15) is 44.1 Å². The van der Waals surface area contributed by atoms with Crippen LogP contribution in [0.25, 0.3) is 0 Å². The van der Waals surface area contributed by atoms with E-state index in [1.807, 2.05) is 24.3 Å². The summed E-state index contributed by atoms with van der Waals surface area (Å²) in [6.07, 6.45) is 8.31. The van der Waals surface area contributed by atoms with Crippen LogP contribution >= 0.6 is 11.6 Å². The van der Waals surface area contributed by atoms with E-state index < -0.39 is 0 Å². The molecule has 0 radical (unpaired) electrons. The molecule has 4 aliphatic rings. The molecule has 4 fully saturated rings. The lowest BCUT2D eigenvalue weighted by Crippen LogP contribution is -2.50. The number of carbonyl (C=O) groups excluding carboxylic acids is 1. The topological polar surface area (TPSA) is 17.1 Å². The Hall–Kier alpha value is -0.820. The smallest absolute Gasteiger partial charge is 0.143 e. The van der Waals surface area contributed by atoms with Gasteiger partial charge in [0, 0.05) is 16.9 Å². The van der Waals surface area contributed by atoms with Gasteiger partial charge in [0.25, 0.3) is 0 Å². The maximum atomic E-state index is 12.9. The average molecular weight is 289 g/mol. The Labute approximate surface area is 125 Å². The molecule has 4 bridgehead atoms. The first kappa shape index (κ1) is 12.9. The lowest BCUT2D eigenvalue weighted by Gasteiger charge is -2.56. The van der Waals surface area contributed by atoms with Crippen molar-refractivity contribution >= 4 is 17.4 Å². The highest BCUT2D eigenvalue weighted by atomic mass is 35.5. The predicted octanol–water partition coefficient (Wildman–Crippen LogP) is 4.67. The lowest BCUT2D eigenvalue weighted by atomic mass is 9.48. The van der Waals surface area contributed by atoms with Crippen LogP contribution in [0.15, 0.2) is 24.3 Å². The second kappa shape index (κ2) is 4.59. The Kier molecular flexibility index (Phi) is 2.96. The number of carbonyl (C=O) groups is 1. The van der Waals surface area contributed by atoms with Crippen molar-refractivity contribution in [2.75, 3.05) is 0 Å². The maximum Gasteiger partial charge on any atom is 0.143 e. The summed E-state index contributed by atoms with van der Waals surface area (Å²) in [5.74, 6) is 3.03. The Bertz CT molecular complexity index is 496. The van der Waals surface area contributed by atoms with Crippen LogP contribution in [0.3, 0.4) is 0 Å². The summed E-state index contributed by atoms with van der Waals surface area (Å²) in [7, 11) is 0. The summed E-state index contributed by atoms with van der Waals surface area (Å²) in [6, 6.07) is 7.79. The molecule has 0 aromatic heterocycles. The van der Waals surface area contributed by atoms with Gasteiger partial charge in [-0.15, -0.1) is 0 Å². The standard InChI is InChI=1S/C18H21ClO/c19-16-3-1-12(2-4-16)8-17(20)18-9-13-5-14(10-18)7-15(6-13)11-18/h1-4,13-15H,5-11H2. The van der Waals surface area contributed by atoms with Crippen molar-refractivity contribution < 1.29 is 4.79 Å². The molecule has 106 valence electrons. The van der Waals surface area contributed by atoms with Gasteiger partial charge in [0.15, 0.2) is 0 Å². The van der Waals surface area contributed by atoms with Crippen molar-refractivity contribution in [2.45, 2.75) is 44.9 Å². The van der Waals surface area contributed by atoms with E-state index in [0.29, 0.717) is 12.2 Å². The maximum absolute atomic E-state index is 12.9. The van der Waals surface area contributed by atoms with E-state index in [1.54, 1.807) is 0 Å². The van der Waals surface area contributed by atoms with Gasteiger partial charge >= 0.3 is 0 Å². The third kappa shape index (κ3) is 2.11. The second-order valence-corrected chi connectivity index (χ2v) is 7.86. The molecule has 0 amide bonds. The van der Waals surface area contributed by atoms with Crippen LogP contribution in [-0.4, -0.2) is 5.78 Å². The van der Waals surface area contributed by atoms with Crippen LogP contribution in [0.2, 0.25) is 5.02 Å². The first-order valence-corrected chi connectivity index (χ1v) is 8.28. The molecule has 1 aromatic rings. The summed E-state index contributed by atoms with van der Waals surface area (Å²) >= 11 is 5.92. The fourth-order valence-electron chi connectivity index (χ4n) is 5.43. The van der Waals surface area contributed by atoms with E-state index in [4.69, 9.17) is 11.6 Å². The number of hydrogen-bond donors (Lipinski definition) is 0. The number of hydrogen-bond acceptors (Lipinski definition) is 1. The van der Waals surface area contributed by atoms with E-state index in [-0.39, 0.29) is 5.41 Å². The highest BCUT2D eigenvalue weighted by Crippen LogP contribution is 2.60. The molecule has 20 heavy (non-hydrogen) atoms. The molecule has 1 aromatic carbocycles. The first-order chi connectivity index (χ1) is 9.63. The van der Waals surface area contributed by atoms with Gasteiger partial charge in [-0.05, 0) is 74.0 Å². The second-order valence-electron chi connectivity index (χ2n) is 7.42. The van der Waals surface area contributed by atoms with Gasteiger partial charge < -0.3 is 0 Å². The fraction of sp³-hybridized carbons (Fsp3) is 0.611. The Morgan fingerprint density at radius 1 is 1.00 bits per heavy atom. The molecule has 4 aliphatic carbocycles. The van der Waals surface area contributed by atoms with E-state index in [9.17, 15) is 4.79 Å². The number of Topliss-reactive ketones (excluding diaryl/α,β-unsaturated/α-hetero) is 1. The highest BCUT2D eigenvalue weighted by Gasteiger charge is 2.53. The van der Waals surface area contributed by atoms with Crippen LogP contribution in [0.5, 0.6) is 0 Å². The van der Waals surface area contributed by atoms with Crippen molar-refractivity contribution in [1.29, 1.82) is 0 Å². The third-order valence-corrected chi connectivity index (χ3v) is 6.16. The van der Waals surface area contributed by atoms with Gasteiger partial charge in [-0.2, -0.15) is 0 Å². The van der Waals surface area contributed by atoms with Crippen LogP contribution in [0, 0.1) is 23.2 Å². The van der Waals surface area contributed by atoms with Gasteiger partial charge in [-0.1, -0.05) is 23.7 Å². The molecule has 0 unspecified atom stereocenters. The molecule has 1 nitrogen and oxygen atoms in total. The molecule has 0 saturated heterocycles. The summed E-state index contributed by atoms with van der Waals surface area (Å²) in [5.41, 5.74) is 1.16. The van der Waals surface area contributed by atoms with Crippen molar-refractivity contribution in [1.82, 2.24) is 0 Å². The number of halogens is 1. The highest BCUT2D eigenvalue weighted by molar-refractivity contribution is 6.30. The fourth-order valence-corrected chi connectivity index (χ4v) is 5.55. The van der Waals surface area contributed by atoms with Crippen molar-refractivity contribution in [3.05, 3.63) is 34.9 Å². The van der Waals surface area contributed by atoms with Crippen molar-refractivity contribution in [3.63, 3.8) is 0 Å². The number of benzene rings is 1. The third-order valence-electron chi connectivity index (χ3n) is 5.91. The molecule has 2 heteroatoms. The van der Waals surface area contributed by atoms with Gasteiger partial charge in [-0.25, -0.2) is 0 Å². The Balaban J connectivity index is 1.54. The zero-order valence-electron chi connectivity index (χ0n) is 11.8. The quantitative estimate of drug-likeness (QED) is 0.790. The van der Waals surface area contributed by atoms with Crippen LogP contribution in [0.4, 0.5) is 0 Å². The summed E-state index contributed by atoms with van der Waals surface area (Å²) in [6.45, 7) is 0. The van der Waals surface area contributed by atoms with Gasteiger partial charge in [0.1, 0.15) is 5.78 Å². The molecule has 0 atom stereocenters. The zero-order chi connectivity index (χ0) is 13.7. The van der Waals surface area contributed by atoms with E-state index in [1.165, 1.54) is 38.5 Å². The van der Waals surface area contributed by atoms with Gasteiger partial charge in [0.2, 0.25) is 0 Å². The minimum absolute atomic E-state index is 0.0361. The van der Waals surface area contributed by atoms with E-state index in [0.717, 1.165) is 28.3 Å². The zero-order valence-corrected chi connectivity index (χ0v) is 12.5. The minimum atomic E-state index is 0.0361. The van der Waals surface area contributed by atoms with Gasteiger partial charge in [0.05, 0.1) is 0 Å². The molecule has 0 spiro atoms. The molecule has 5 rings (SSSR count). The monoisotopic (exact) mass is 288 g/mol. The first-order valence-electron chi connectivity index (χ1n) is 7.91. The predicted molar refractivity (Wildman–Crippen MR) is 80.8 cm³/mol. The van der Waals surface area contributed by atoms with Gasteiger partial charge in [-0.3, -0.25) is 4.79 Å². The number of rotatable bonds is 3. The van der Waals surface area contributed by atoms with Crippen molar-refractivity contribution in [3.8, 4) is 0 Å². The minimum Gasteiger partial charge on any atom is -0.299 e. The van der Waals surface area contributed by atoms with Crippen molar-refractivity contribution in [2.24, 2.45) is 23.2 Å². The number of ketones is 1. The molecule has 0 heterocycles. The summed E-state index contributed by atoms with van der Waals surface area (Å²) < 4.78 is 0. The lowest BCUT2D eigenvalue weighted by molar-refractivity contribution is -0.143. The Morgan fingerprint density at radius 3 is 2.00 bits per heavy atom.